The zero-order valence-corrected chi connectivity index (χ0v) is 20.1. The van der Waals surface area contributed by atoms with Crippen molar-refractivity contribution >= 4 is 17.8 Å². The molecule has 1 atom stereocenters. The van der Waals surface area contributed by atoms with Gasteiger partial charge in [-0.05, 0) is 48.2 Å². The summed E-state index contributed by atoms with van der Waals surface area (Å²) < 4.78 is 26.2. The fraction of sp³-hybridized carbons (Fsp3) is 0.357. The summed E-state index contributed by atoms with van der Waals surface area (Å²) in [5.41, 5.74) is 7.15. The lowest BCUT2D eigenvalue weighted by molar-refractivity contribution is -0.108. The van der Waals surface area contributed by atoms with Gasteiger partial charge >= 0.3 is 0 Å². The van der Waals surface area contributed by atoms with E-state index in [-0.39, 0.29) is 11.7 Å². The van der Waals surface area contributed by atoms with Crippen LogP contribution in [0.1, 0.15) is 34.6 Å². The van der Waals surface area contributed by atoms with Crippen LogP contribution in [0.4, 0.5) is 15.9 Å². The average Bonchev–Trinajstić information content (AvgIpc) is 3.26. The number of carbonyl (C=O) groups is 1. The Morgan fingerprint density at radius 2 is 2.00 bits per heavy atom. The zero-order chi connectivity index (χ0) is 24.4. The smallest absolute Gasteiger partial charge is 0.166 e. The van der Waals surface area contributed by atoms with Crippen molar-refractivity contribution in [3.8, 4) is 16.9 Å². The minimum Gasteiger partial charge on any atom is -0.493 e. The molecule has 0 amide bonds. The summed E-state index contributed by atoms with van der Waals surface area (Å²) >= 11 is 0. The highest BCUT2D eigenvalue weighted by molar-refractivity contribution is 5.72. The molecule has 2 aliphatic heterocycles. The maximum atomic E-state index is 15.1. The number of aromatic nitrogens is 1. The second-order valence-corrected chi connectivity index (χ2v) is 9.19. The first-order valence-electron chi connectivity index (χ1n) is 12.1. The number of anilines is 2. The van der Waals surface area contributed by atoms with Crippen molar-refractivity contribution in [3.63, 3.8) is 0 Å². The predicted octanol–water partition coefficient (Wildman–Crippen LogP) is 5.02. The average molecular weight is 476 g/mol. The van der Waals surface area contributed by atoms with E-state index in [9.17, 15) is 4.79 Å². The molecule has 35 heavy (non-hydrogen) atoms. The minimum atomic E-state index is -0.308. The van der Waals surface area contributed by atoms with Crippen LogP contribution in [0.25, 0.3) is 11.1 Å². The molecule has 1 N–H and O–H groups in total. The van der Waals surface area contributed by atoms with Gasteiger partial charge in [0.15, 0.2) is 11.6 Å². The summed E-state index contributed by atoms with van der Waals surface area (Å²) in [7, 11) is 0. The lowest BCUT2D eigenvalue weighted by Gasteiger charge is -2.28. The molecule has 6 nitrogen and oxygen atoms in total. The van der Waals surface area contributed by atoms with Gasteiger partial charge in [-0.25, -0.2) is 9.37 Å². The van der Waals surface area contributed by atoms with Crippen LogP contribution >= 0.6 is 0 Å². The van der Waals surface area contributed by atoms with Gasteiger partial charge in [-0.1, -0.05) is 18.2 Å². The molecule has 0 bridgehead atoms. The van der Waals surface area contributed by atoms with Crippen LogP contribution in [0, 0.1) is 19.7 Å². The molecule has 1 aromatic heterocycles. The molecule has 5 rings (SSSR count). The molecular weight excluding hydrogens is 445 g/mol. The van der Waals surface area contributed by atoms with Crippen molar-refractivity contribution in [1.82, 2.24) is 4.98 Å². The van der Waals surface area contributed by atoms with Crippen LogP contribution in [0.2, 0.25) is 0 Å². The maximum Gasteiger partial charge on any atom is 0.166 e. The van der Waals surface area contributed by atoms with E-state index < -0.39 is 0 Å². The standard InChI is InChI=1S/C28H30FN3O3/c1-18-3-4-20(15-30-23-5-6-24-21(7-10-33)17-35-26(24)14-23)19(2)27(18)22-13-25(29)28(31-16-22)32-8-11-34-12-9-32/h3-6,10,13-14,16,21,30H,7-9,11-12,15,17H2,1-2H3/t21-/m1/s1. The molecular formula is C28H30FN3O3. The summed E-state index contributed by atoms with van der Waals surface area (Å²) in [4.78, 5) is 17.3. The van der Waals surface area contributed by atoms with Crippen molar-refractivity contribution in [1.29, 1.82) is 0 Å². The maximum absolute atomic E-state index is 15.1. The number of benzene rings is 2. The monoisotopic (exact) mass is 475 g/mol. The number of hydrogen-bond acceptors (Lipinski definition) is 6. The molecule has 2 aromatic carbocycles. The van der Waals surface area contributed by atoms with E-state index in [0.717, 1.165) is 51.1 Å². The number of carbonyl (C=O) groups excluding carboxylic acids is 1. The number of nitrogens with one attached hydrogen (secondary N) is 1. The van der Waals surface area contributed by atoms with Crippen LogP contribution in [-0.2, 0) is 16.1 Å². The Bertz CT molecular complexity index is 1240. The van der Waals surface area contributed by atoms with Gasteiger partial charge in [0, 0.05) is 61.1 Å². The number of aldehydes is 1. The number of hydrogen-bond donors (Lipinski definition) is 1. The Morgan fingerprint density at radius 3 is 2.77 bits per heavy atom. The SMILES string of the molecule is Cc1ccc(CNc2ccc3c(c2)OC[C@H]3CC=O)c(C)c1-c1cnc(N2CCOCC2)c(F)c1. The third-order valence-electron chi connectivity index (χ3n) is 6.96. The van der Waals surface area contributed by atoms with Gasteiger partial charge < -0.3 is 24.5 Å². The Balaban J connectivity index is 1.35. The number of fused-ring (bicyclic) bond motifs is 1. The third-order valence-corrected chi connectivity index (χ3v) is 6.96. The highest BCUT2D eigenvalue weighted by Gasteiger charge is 2.24. The highest BCUT2D eigenvalue weighted by atomic mass is 19.1. The van der Waals surface area contributed by atoms with Gasteiger partial charge in [0.1, 0.15) is 12.0 Å². The van der Waals surface area contributed by atoms with E-state index in [1.54, 1.807) is 12.3 Å². The molecule has 1 saturated heterocycles. The fourth-order valence-electron chi connectivity index (χ4n) is 5.00. The minimum absolute atomic E-state index is 0.141. The molecule has 3 aromatic rings. The van der Waals surface area contributed by atoms with E-state index in [1.807, 2.05) is 30.0 Å². The van der Waals surface area contributed by atoms with Gasteiger partial charge in [-0.15, -0.1) is 0 Å². The van der Waals surface area contributed by atoms with Crippen LogP contribution in [0.3, 0.4) is 0 Å². The highest BCUT2D eigenvalue weighted by Crippen LogP contribution is 2.37. The third kappa shape index (κ3) is 4.73. The van der Waals surface area contributed by atoms with Crippen LogP contribution < -0.4 is 15.0 Å². The van der Waals surface area contributed by atoms with Gasteiger partial charge in [0.2, 0.25) is 0 Å². The number of rotatable bonds is 7. The number of morpholine rings is 1. The molecule has 7 heteroatoms. The van der Waals surface area contributed by atoms with Crippen molar-refractivity contribution in [2.24, 2.45) is 0 Å². The number of ether oxygens (including phenoxy) is 2. The summed E-state index contributed by atoms with van der Waals surface area (Å²) in [6, 6.07) is 11.8. The largest absolute Gasteiger partial charge is 0.493 e. The lowest BCUT2D eigenvalue weighted by atomic mass is 9.93. The van der Waals surface area contributed by atoms with Crippen LogP contribution in [-0.4, -0.2) is 44.2 Å². The second kappa shape index (κ2) is 10.0. The number of halogens is 1. The lowest BCUT2D eigenvalue weighted by Crippen LogP contribution is -2.37. The molecule has 182 valence electrons. The predicted molar refractivity (Wildman–Crippen MR) is 135 cm³/mol. The van der Waals surface area contributed by atoms with Gasteiger partial charge in [0.05, 0.1) is 19.8 Å². The van der Waals surface area contributed by atoms with Crippen LogP contribution in [0.5, 0.6) is 5.75 Å². The molecule has 1 fully saturated rings. The fourth-order valence-corrected chi connectivity index (χ4v) is 5.00. The molecule has 0 saturated carbocycles. The zero-order valence-electron chi connectivity index (χ0n) is 20.1. The topological polar surface area (TPSA) is 63.7 Å². The first-order valence-corrected chi connectivity index (χ1v) is 12.1. The Hall–Kier alpha value is -3.45. The Kier molecular flexibility index (Phi) is 6.68. The number of pyridine rings is 1. The first kappa shape index (κ1) is 23.3. The molecule has 0 aliphatic carbocycles. The van der Waals surface area contributed by atoms with Crippen molar-refractivity contribution < 1.29 is 18.7 Å². The Morgan fingerprint density at radius 1 is 1.17 bits per heavy atom. The van der Waals surface area contributed by atoms with E-state index in [4.69, 9.17) is 9.47 Å². The van der Waals surface area contributed by atoms with Crippen molar-refractivity contribution in [2.75, 3.05) is 43.1 Å². The van der Waals surface area contributed by atoms with E-state index in [2.05, 4.69) is 29.4 Å². The summed E-state index contributed by atoms with van der Waals surface area (Å²) in [5, 5.41) is 3.48. The van der Waals surface area contributed by atoms with Crippen molar-refractivity contribution in [2.45, 2.75) is 32.7 Å². The number of aryl methyl sites for hydroxylation is 1. The van der Waals surface area contributed by atoms with Gasteiger partial charge in [0.25, 0.3) is 0 Å². The van der Waals surface area contributed by atoms with Crippen LogP contribution in [0.15, 0.2) is 42.6 Å². The summed E-state index contributed by atoms with van der Waals surface area (Å²) in [6.07, 6.45) is 3.20. The van der Waals surface area contributed by atoms with E-state index in [0.29, 0.717) is 51.7 Å². The molecule has 0 unspecified atom stereocenters. The second-order valence-electron chi connectivity index (χ2n) is 9.19. The summed E-state index contributed by atoms with van der Waals surface area (Å²) in [6.45, 7) is 7.76. The quantitative estimate of drug-likeness (QED) is 0.484. The Labute approximate surface area is 205 Å². The van der Waals surface area contributed by atoms with E-state index >= 15 is 4.39 Å². The first-order chi connectivity index (χ1) is 17.0. The molecule has 3 heterocycles. The number of nitrogens with zero attached hydrogens (tertiary/aromatic N) is 2. The molecule has 0 radical (unpaired) electrons. The normalized spacial score (nSPS) is 17.1. The molecule has 0 spiro atoms. The summed E-state index contributed by atoms with van der Waals surface area (Å²) in [5.74, 6) is 1.06. The molecule has 2 aliphatic rings. The van der Waals surface area contributed by atoms with Crippen molar-refractivity contribution in [3.05, 3.63) is 70.7 Å². The van der Waals surface area contributed by atoms with Gasteiger partial charge in [-0.3, -0.25) is 0 Å². The van der Waals surface area contributed by atoms with E-state index in [1.165, 1.54) is 0 Å². The van der Waals surface area contributed by atoms with Gasteiger partial charge in [-0.2, -0.15) is 0 Å².